The lowest BCUT2D eigenvalue weighted by Gasteiger charge is -2.17. The van der Waals surface area contributed by atoms with Gasteiger partial charge in [0, 0.05) is 32.0 Å². The standard InChI is InChI=1S/C17H20N2O2/c1-2-4-15(5-3-1)20-13-12-19-11-8-17(14-19)21-16-6-9-18-10-7-16/h1-7,9-10,17H,8,11-14H2/t17-/m0/s1. The number of rotatable bonds is 6. The van der Waals surface area contributed by atoms with Crippen molar-refractivity contribution in [2.75, 3.05) is 26.2 Å². The van der Waals surface area contributed by atoms with Gasteiger partial charge in [-0.25, -0.2) is 0 Å². The second-order valence-corrected chi connectivity index (χ2v) is 5.17. The van der Waals surface area contributed by atoms with Crippen molar-refractivity contribution in [3.05, 3.63) is 54.9 Å². The van der Waals surface area contributed by atoms with E-state index < -0.39 is 0 Å². The first-order valence-electron chi connectivity index (χ1n) is 7.37. The molecule has 3 rings (SSSR count). The number of benzene rings is 1. The molecule has 1 saturated heterocycles. The molecule has 1 aromatic carbocycles. The van der Waals surface area contributed by atoms with Crippen molar-refractivity contribution in [2.24, 2.45) is 0 Å². The zero-order valence-electron chi connectivity index (χ0n) is 12.0. The van der Waals surface area contributed by atoms with E-state index in [1.807, 2.05) is 42.5 Å². The molecule has 1 fully saturated rings. The molecule has 1 aliphatic heterocycles. The Balaban J connectivity index is 1.39. The summed E-state index contributed by atoms with van der Waals surface area (Å²) in [5, 5.41) is 0. The van der Waals surface area contributed by atoms with Gasteiger partial charge in [-0.15, -0.1) is 0 Å². The van der Waals surface area contributed by atoms with E-state index in [0.717, 1.165) is 37.6 Å². The summed E-state index contributed by atoms with van der Waals surface area (Å²) in [7, 11) is 0. The molecule has 0 radical (unpaired) electrons. The van der Waals surface area contributed by atoms with E-state index in [-0.39, 0.29) is 6.10 Å². The van der Waals surface area contributed by atoms with Gasteiger partial charge in [0.15, 0.2) is 0 Å². The van der Waals surface area contributed by atoms with Crippen molar-refractivity contribution in [2.45, 2.75) is 12.5 Å². The molecule has 0 aliphatic carbocycles. The smallest absolute Gasteiger partial charge is 0.122 e. The van der Waals surface area contributed by atoms with Gasteiger partial charge < -0.3 is 9.47 Å². The molecule has 0 unspecified atom stereocenters. The van der Waals surface area contributed by atoms with Crippen LogP contribution in [0.15, 0.2) is 54.9 Å². The molecule has 110 valence electrons. The average Bonchev–Trinajstić information content (AvgIpc) is 2.97. The topological polar surface area (TPSA) is 34.6 Å². The van der Waals surface area contributed by atoms with Crippen molar-refractivity contribution >= 4 is 0 Å². The Kier molecular flexibility index (Phi) is 4.69. The molecule has 2 aromatic rings. The largest absolute Gasteiger partial charge is 0.492 e. The molecule has 2 heterocycles. The van der Waals surface area contributed by atoms with Crippen LogP contribution in [0.2, 0.25) is 0 Å². The van der Waals surface area contributed by atoms with Crippen LogP contribution in [0.25, 0.3) is 0 Å². The highest BCUT2D eigenvalue weighted by Crippen LogP contribution is 2.17. The Morgan fingerprint density at radius 2 is 1.86 bits per heavy atom. The van der Waals surface area contributed by atoms with Gasteiger partial charge in [-0.05, 0) is 30.7 Å². The number of para-hydroxylation sites is 1. The van der Waals surface area contributed by atoms with Gasteiger partial charge in [0.1, 0.15) is 24.2 Å². The summed E-state index contributed by atoms with van der Waals surface area (Å²) in [5.74, 6) is 1.83. The van der Waals surface area contributed by atoms with Gasteiger partial charge in [-0.2, -0.15) is 0 Å². The maximum Gasteiger partial charge on any atom is 0.122 e. The van der Waals surface area contributed by atoms with Gasteiger partial charge >= 0.3 is 0 Å². The van der Waals surface area contributed by atoms with Crippen molar-refractivity contribution in [3.63, 3.8) is 0 Å². The van der Waals surface area contributed by atoms with E-state index in [4.69, 9.17) is 9.47 Å². The molecule has 0 amide bonds. The van der Waals surface area contributed by atoms with Crippen LogP contribution < -0.4 is 9.47 Å². The first-order valence-corrected chi connectivity index (χ1v) is 7.37. The third-order valence-corrected chi connectivity index (χ3v) is 3.60. The van der Waals surface area contributed by atoms with E-state index in [9.17, 15) is 0 Å². The molecule has 0 N–H and O–H groups in total. The van der Waals surface area contributed by atoms with Crippen molar-refractivity contribution in [3.8, 4) is 11.5 Å². The molecule has 1 aromatic heterocycles. The second-order valence-electron chi connectivity index (χ2n) is 5.17. The van der Waals surface area contributed by atoms with E-state index >= 15 is 0 Å². The van der Waals surface area contributed by atoms with Crippen LogP contribution in [0.4, 0.5) is 0 Å². The van der Waals surface area contributed by atoms with Gasteiger partial charge in [0.25, 0.3) is 0 Å². The summed E-state index contributed by atoms with van der Waals surface area (Å²) in [5.41, 5.74) is 0. The fourth-order valence-corrected chi connectivity index (χ4v) is 2.51. The minimum Gasteiger partial charge on any atom is -0.492 e. The maximum atomic E-state index is 5.95. The summed E-state index contributed by atoms with van der Waals surface area (Å²) < 4.78 is 11.7. The Bertz CT molecular complexity index is 533. The zero-order chi connectivity index (χ0) is 14.3. The summed E-state index contributed by atoms with van der Waals surface area (Å²) in [6.07, 6.45) is 4.85. The van der Waals surface area contributed by atoms with Crippen molar-refractivity contribution < 1.29 is 9.47 Å². The van der Waals surface area contributed by atoms with Crippen LogP contribution in [0.3, 0.4) is 0 Å². The molecule has 4 nitrogen and oxygen atoms in total. The highest BCUT2D eigenvalue weighted by Gasteiger charge is 2.23. The Hall–Kier alpha value is -2.07. The first-order chi connectivity index (χ1) is 10.4. The number of pyridine rings is 1. The number of aromatic nitrogens is 1. The van der Waals surface area contributed by atoms with Crippen LogP contribution in [-0.2, 0) is 0 Å². The van der Waals surface area contributed by atoms with Gasteiger partial charge in [-0.1, -0.05) is 18.2 Å². The molecule has 0 spiro atoms. The van der Waals surface area contributed by atoms with Crippen LogP contribution in [0.1, 0.15) is 6.42 Å². The number of nitrogens with zero attached hydrogens (tertiary/aromatic N) is 2. The van der Waals surface area contributed by atoms with Crippen LogP contribution >= 0.6 is 0 Å². The summed E-state index contributed by atoms with van der Waals surface area (Å²) in [4.78, 5) is 6.38. The van der Waals surface area contributed by atoms with Gasteiger partial charge in [-0.3, -0.25) is 9.88 Å². The van der Waals surface area contributed by atoms with Crippen LogP contribution in [0.5, 0.6) is 11.5 Å². The zero-order valence-corrected chi connectivity index (χ0v) is 12.0. The predicted molar refractivity (Wildman–Crippen MR) is 81.6 cm³/mol. The highest BCUT2D eigenvalue weighted by molar-refractivity contribution is 5.21. The fourth-order valence-electron chi connectivity index (χ4n) is 2.51. The summed E-state index contributed by atoms with van der Waals surface area (Å²) in [6, 6.07) is 13.8. The molecule has 1 aliphatic rings. The fraction of sp³-hybridized carbons (Fsp3) is 0.353. The summed E-state index contributed by atoms with van der Waals surface area (Å²) in [6.45, 7) is 3.67. The molecule has 0 saturated carbocycles. The molecular formula is C17H20N2O2. The highest BCUT2D eigenvalue weighted by atomic mass is 16.5. The molecule has 0 bridgehead atoms. The molecule has 21 heavy (non-hydrogen) atoms. The molecule has 1 atom stereocenters. The third-order valence-electron chi connectivity index (χ3n) is 3.60. The second kappa shape index (κ2) is 7.09. The Morgan fingerprint density at radius 3 is 2.67 bits per heavy atom. The molecule has 4 heteroatoms. The number of hydrogen-bond acceptors (Lipinski definition) is 4. The summed E-state index contributed by atoms with van der Waals surface area (Å²) >= 11 is 0. The number of likely N-dealkylation sites (tertiary alicyclic amines) is 1. The van der Waals surface area contributed by atoms with E-state index in [2.05, 4.69) is 9.88 Å². The first kappa shape index (κ1) is 13.9. The Morgan fingerprint density at radius 1 is 1.05 bits per heavy atom. The van der Waals surface area contributed by atoms with Crippen LogP contribution in [-0.4, -0.2) is 42.2 Å². The van der Waals surface area contributed by atoms with Gasteiger partial charge in [0.05, 0.1) is 0 Å². The van der Waals surface area contributed by atoms with Crippen molar-refractivity contribution in [1.29, 1.82) is 0 Å². The Labute approximate surface area is 125 Å². The third kappa shape index (κ3) is 4.20. The minimum atomic E-state index is 0.268. The molecular weight excluding hydrogens is 264 g/mol. The quantitative estimate of drug-likeness (QED) is 0.816. The normalized spacial score (nSPS) is 18.6. The SMILES string of the molecule is c1ccc(OCCN2CC[C@H](Oc3ccncc3)C2)cc1. The van der Waals surface area contributed by atoms with E-state index in [1.54, 1.807) is 12.4 Å². The predicted octanol–water partition coefficient (Wildman–Crippen LogP) is 2.61. The van der Waals surface area contributed by atoms with Crippen LogP contribution in [0, 0.1) is 0 Å². The average molecular weight is 284 g/mol. The number of ether oxygens (including phenoxy) is 2. The lowest BCUT2D eigenvalue weighted by Crippen LogP contribution is -2.28. The lowest BCUT2D eigenvalue weighted by molar-refractivity contribution is 0.186. The minimum absolute atomic E-state index is 0.268. The maximum absolute atomic E-state index is 5.95. The lowest BCUT2D eigenvalue weighted by atomic mass is 10.3. The number of hydrogen-bond donors (Lipinski definition) is 0. The van der Waals surface area contributed by atoms with Gasteiger partial charge in [0.2, 0.25) is 0 Å². The van der Waals surface area contributed by atoms with Crippen molar-refractivity contribution in [1.82, 2.24) is 9.88 Å². The van der Waals surface area contributed by atoms with E-state index in [0.29, 0.717) is 6.61 Å². The monoisotopic (exact) mass is 284 g/mol. The van der Waals surface area contributed by atoms with E-state index in [1.165, 1.54) is 0 Å².